The van der Waals surface area contributed by atoms with Crippen molar-refractivity contribution in [2.24, 2.45) is 11.1 Å². The summed E-state index contributed by atoms with van der Waals surface area (Å²) in [5.41, 5.74) is 6.93. The molecule has 3 atom stereocenters. The zero-order chi connectivity index (χ0) is 14.9. The first-order valence-corrected chi connectivity index (χ1v) is 7.83. The van der Waals surface area contributed by atoms with Crippen LogP contribution in [0.5, 0.6) is 0 Å². The maximum Gasteiger partial charge on any atom is 0.230 e. The Bertz CT molecular complexity index is 505. The molecule has 2 fully saturated rings. The van der Waals surface area contributed by atoms with E-state index in [-0.39, 0.29) is 18.1 Å². The number of carbonyl (C=O) groups is 1. The lowest BCUT2D eigenvalue weighted by molar-refractivity contribution is -0.149. The summed E-state index contributed by atoms with van der Waals surface area (Å²) in [6.07, 6.45) is 2.88. The van der Waals surface area contributed by atoms with E-state index in [4.69, 9.17) is 10.5 Å². The van der Waals surface area contributed by atoms with Crippen molar-refractivity contribution < 1.29 is 9.53 Å². The molecular formula is C17H24N2O2. The first kappa shape index (κ1) is 14.5. The Morgan fingerprint density at radius 2 is 2.14 bits per heavy atom. The number of hydrogen-bond donors (Lipinski definition) is 1. The Morgan fingerprint density at radius 3 is 2.81 bits per heavy atom. The molecule has 1 aromatic carbocycles. The molecule has 0 aromatic heterocycles. The Hall–Kier alpha value is -1.39. The highest BCUT2D eigenvalue weighted by atomic mass is 16.5. The Kier molecular flexibility index (Phi) is 4.00. The molecule has 1 aliphatic heterocycles. The summed E-state index contributed by atoms with van der Waals surface area (Å²) in [7, 11) is 0. The van der Waals surface area contributed by atoms with Gasteiger partial charge in [-0.05, 0) is 25.3 Å². The summed E-state index contributed by atoms with van der Waals surface area (Å²) in [4.78, 5) is 14.9. The molecule has 3 unspecified atom stereocenters. The molecule has 4 nitrogen and oxygen atoms in total. The molecule has 3 rings (SSSR count). The fourth-order valence-corrected chi connectivity index (χ4v) is 3.52. The van der Waals surface area contributed by atoms with Crippen LogP contribution in [0.2, 0.25) is 0 Å². The quantitative estimate of drug-likeness (QED) is 0.906. The largest absolute Gasteiger partial charge is 0.370 e. The van der Waals surface area contributed by atoms with E-state index in [1.54, 1.807) is 0 Å². The van der Waals surface area contributed by atoms with E-state index >= 15 is 0 Å². The zero-order valence-electron chi connectivity index (χ0n) is 12.6. The number of hydrogen-bond acceptors (Lipinski definition) is 3. The maximum absolute atomic E-state index is 12.9. The average molecular weight is 288 g/mol. The number of nitrogens with zero attached hydrogens (tertiary/aromatic N) is 1. The first-order valence-electron chi connectivity index (χ1n) is 7.83. The molecule has 0 bridgehead atoms. The number of rotatable bonds is 2. The van der Waals surface area contributed by atoms with Crippen LogP contribution in [0.3, 0.4) is 0 Å². The lowest BCUT2D eigenvalue weighted by Gasteiger charge is -2.39. The van der Waals surface area contributed by atoms with Crippen molar-refractivity contribution >= 4 is 5.91 Å². The second-order valence-electron chi connectivity index (χ2n) is 6.44. The normalized spacial score (nSPS) is 33.1. The van der Waals surface area contributed by atoms with Crippen molar-refractivity contribution in [2.75, 3.05) is 19.7 Å². The van der Waals surface area contributed by atoms with Gasteiger partial charge < -0.3 is 15.4 Å². The minimum Gasteiger partial charge on any atom is -0.370 e. The van der Waals surface area contributed by atoms with Gasteiger partial charge in [-0.1, -0.05) is 36.8 Å². The van der Waals surface area contributed by atoms with Crippen molar-refractivity contribution in [3.8, 4) is 0 Å². The van der Waals surface area contributed by atoms with E-state index in [0.29, 0.717) is 19.7 Å². The predicted molar refractivity (Wildman–Crippen MR) is 81.6 cm³/mol. The number of amides is 1. The standard InChI is InChI=1S/C17H24N2O2/c1-17(9-5-8-15(17)18)16(20)19-10-11-21-14(12-19)13-6-3-2-4-7-13/h2-4,6-7,14-15H,5,8-12,18H2,1H3. The van der Waals surface area contributed by atoms with Gasteiger partial charge in [-0.25, -0.2) is 0 Å². The van der Waals surface area contributed by atoms with Crippen LogP contribution in [0, 0.1) is 5.41 Å². The van der Waals surface area contributed by atoms with Crippen molar-refractivity contribution in [1.82, 2.24) is 4.90 Å². The zero-order valence-corrected chi connectivity index (χ0v) is 12.6. The van der Waals surface area contributed by atoms with Crippen LogP contribution >= 0.6 is 0 Å². The summed E-state index contributed by atoms with van der Waals surface area (Å²) in [5.74, 6) is 0.205. The second kappa shape index (κ2) is 5.78. The molecule has 0 radical (unpaired) electrons. The van der Waals surface area contributed by atoms with Crippen molar-refractivity contribution in [1.29, 1.82) is 0 Å². The summed E-state index contributed by atoms with van der Waals surface area (Å²) < 4.78 is 5.84. The van der Waals surface area contributed by atoms with Gasteiger partial charge in [-0.15, -0.1) is 0 Å². The smallest absolute Gasteiger partial charge is 0.230 e. The molecule has 114 valence electrons. The Balaban J connectivity index is 1.73. The van der Waals surface area contributed by atoms with Gasteiger partial charge in [-0.2, -0.15) is 0 Å². The lowest BCUT2D eigenvalue weighted by atomic mass is 9.83. The summed E-state index contributed by atoms with van der Waals surface area (Å²) >= 11 is 0. The number of carbonyl (C=O) groups excluding carboxylic acids is 1. The van der Waals surface area contributed by atoms with Gasteiger partial charge >= 0.3 is 0 Å². The van der Waals surface area contributed by atoms with Crippen LogP contribution in [0.15, 0.2) is 30.3 Å². The second-order valence-corrected chi connectivity index (χ2v) is 6.44. The number of morpholine rings is 1. The summed E-state index contributed by atoms with van der Waals surface area (Å²) in [5, 5.41) is 0. The molecule has 1 aromatic rings. The van der Waals surface area contributed by atoms with Gasteiger partial charge in [-0.3, -0.25) is 4.79 Å². The highest BCUT2D eigenvalue weighted by Gasteiger charge is 2.45. The molecular weight excluding hydrogens is 264 g/mol. The van der Waals surface area contributed by atoms with Gasteiger partial charge in [0.25, 0.3) is 0 Å². The minimum absolute atomic E-state index is 0.0111. The van der Waals surface area contributed by atoms with Gasteiger partial charge in [0.15, 0.2) is 0 Å². The van der Waals surface area contributed by atoms with Crippen LogP contribution < -0.4 is 5.73 Å². The maximum atomic E-state index is 12.9. The average Bonchev–Trinajstić information content (AvgIpc) is 2.88. The molecule has 2 N–H and O–H groups in total. The third-order valence-corrected chi connectivity index (χ3v) is 5.04. The third-order valence-electron chi connectivity index (χ3n) is 5.04. The molecule has 2 aliphatic rings. The van der Waals surface area contributed by atoms with E-state index < -0.39 is 5.41 Å². The monoisotopic (exact) mass is 288 g/mol. The van der Waals surface area contributed by atoms with Crippen molar-refractivity contribution in [3.05, 3.63) is 35.9 Å². The van der Waals surface area contributed by atoms with Gasteiger partial charge in [0.1, 0.15) is 6.10 Å². The Labute approximate surface area is 126 Å². The molecule has 1 aliphatic carbocycles. The first-order chi connectivity index (χ1) is 10.1. The molecule has 1 heterocycles. The predicted octanol–water partition coefficient (Wildman–Crippen LogP) is 2.10. The fraction of sp³-hybridized carbons (Fsp3) is 0.588. The number of ether oxygens (including phenoxy) is 1. The third kappa shape index (κ3) is 2.70. The van der Waals surface area contributed by atoms with Crippen molar-refractivity contribution in [2.45, 2.75) is 38.3 Å². The van der Waals surface area contributed by atoms with E-state index in [2.05, 4.69) is 12.1 Å². The molecule has 1 saturated heterocycles. The highest BCUT2D eigenvalue weighted by molar-refractivity contribution is 5.83. The van der Waals surface area contributed by atoms with Crippen LogP contribution in [-0.2, 0) is 9.53 Å². The van der Waals surface area contributed by atoms with E-state index in [0.717, 1.165) is 24.8 Å². The Morgan fingerprint density at radius 1 is 1.38 bits per heavy atom. The summed E-state index contributed by atoms with van der Waals surface area (Å²) in [6.45, 7) is 3.92. The molecule has 4 heteroatoms. The van der Waals surface area contributed by atoms with Crippen LogP contribution in [0.25, 0.3) is 0 Å². The lowest BCUT2D eigenvalue weighted by Crippen LogP contribution is -2.52. The summed E-state index contributed by atoms with van der Waals surface area (Å²) in [6, 6.07) is 10.1. The topological polar surface area (TPSA) is 55.6 Å². The van der Waals surface area contributed by atoms with Gasteiger partial charge in [0.05, 0.1) is 18.6 Å². The van der Waals surface area contributed by atoms with Gasteiger partial charge in [0, 0.05) is 12.6 Å². The van der Waals surface area contributed by atoms with Gasteiger partial charge in [0.2, 0.25) is 5.91 Å². The SMILES string of the molecule is CC1(C(=O)N2CCOC(c3ccccc3)C2)CCCC1N. The van der Waals surface area contributed by atoms with Crippen molar-refractivity contribution in [3.63, 3.8) is 0 Å². The molecule has 0 spiro atoms. The van der Waals surface area contributed by atoms with Crippen LogP contribution in [-0.4, -0.2) is 36.5 Å². The minimum atomic E-state index is -0.390. The van der Waals surface area contributed by atoms with Crippen LogP contribution in [0.1, 0.15) is 37.9 Å². The number of benzene rings is 1. The molecule has 21 heavy (non-hydrogen) atoms. The fourth-order valence-electron chi connectivity index (χ4n) is 3.52. The van der Waals surface area contributed by atoms with E-state index in [9.17, 15) is 4.79 Å². The van der Waals surface area contributed by atoms with E-state index in [1.165, 1.54) is 0 Å². The van der Waals surface area contributed by atoms with Crippen LogP contribution in [0.4, 0.5) is 0 Å². The highest BCUT2D eigenvalue weighted by Crippen LogP contribution is 2.39. The molecule has 1 saturated carbocycles. The molecule has 1 amide bonds. The van der Waals surface area contributed by atoms with E-state index in [1.807, 2.05) is 30.0 Å². The number of nitrogens with two attached hydrogens (primary N) is 1.